The van der Waals surface area contributed by atoms with Crippen molar-refractivity contribution in [3.05, 3.63) is 34.6 Å². The van der Waals surface area contributed by atoms with Crippen molar-refractivity contribution >= 4 is 12.3 Å². The number of carboxylic acid groups (broad SMARTS) is 1. The van der Waals surface area contributed by atoms with E-state index in [1.54, 1.807) is 6.07 Å². The van der Waals surface area contributed by atoms with E-state index in [-0.39, 0.29) is 17.4 Å². The predicted octanol–water partition coefficient (Wildman–Crippen LogP) is 0.628. The van der Waals surface area contributed by atoms with Gasteiger partial charge < -0.3 is 10.2 Å². The van der Waals surface area contributed by atoms with E-state index in [2.05, 4.69) is 0 Å². The van der Waals surface area contributed by atoms with Gasteiger partial charge in [0.25, 0.3) is 0 Å². The molecule has 1 aromatic rings. The van der Waals surface area contributed by atoms with Gasteiger partial charge in [-0.25, -0.2) is 9.18 Å². The van der Waals surface area contributed by atoms with Crippen LogP contribution in [0.2, 0.25) is 0 Å². The molecule has 0 aliphatic rings. The quantitative estimate of drug-likeness (QED) is 0.732. The zero-order valence-corrected chi connectivity index (χ0v) is 7.85. The van der Waals surface area contributed by atoms with E-state index in [9.17, 15) is 19.1 Å². The number of carbonyl (C=O) groups is 2. The van der Waals surface area contributed by atoms with Gasteiger partial charge in [0, 0.05) is 11.1 Å². The molecular weight excluding hydrogens is 217 g/mol. The number of nitrogens with zero attached hydrogens (tertiary/aromatic N) is 1. The molecule has 2 N–H and O–H groups in total. The average Bonchev–Trinajstić information content (AvgIpc) is 2.26. The van der Waals surface area contributed by atoms with Gasteiger partial charge in [-0.2, -0.15) is 5.26 Å². The van der Waals surface area contributed by atoms with Gasteiger partial charge >= 0.3 is 5.97 Å². The molecule has 0 bridgehead atoms. The monoisotopic (exact) mass is 223 g/mol. The molecule has 6 heteroatoms. The van der Waals surface area contributed by atoms with Crippen LogP contribution in [0.25, 0.3) is 0 Å². The Balaban J connectivity index is 3.49. The van der Waals surface area contributed by atoms with Gasteiger partial charge in [-0.3, -0.25) is 4.79 Å². The van der Waals surface area contributed by atoms with Crippen LogP contribution >= 0.6 is 0 Å². The molecule has 1 rings (SSSR count). The van der Waals surface area contributed by atoms with Crippen LogP contribution in [0, 0.1) is 17.1 Å². The van der Waals surface area contributed by atoms with E-state index in [1.165, 1.54) is 0 Å². The lowest BCUT2D eigenvalue weighted by Crippen LogP contribution is -2.13. The Bertz CT molecular complexity index is 492. The van der Waals surface area contributed by atoms with Crippen molar-refractivity contribution < 1.29 is 24.2 Å². The summed E-state index contributed by atoms with van der Waals surface area (Å²) in [7, 11) is 0. The fraction of sp³-hybridized carbons (Fsp3) is 0.100. The molecule has 0 spiro atoms. The molecule has 0 aliphatic carbocycles. The molecule has 5 nitrogen and oxygen atoms in total. The first-order valence-electron chi connectivity index (χ1n) is 4.10. The van der Waals surface area contributed by atoms with E-state index in [4.69, 9.17) is 10.4 Å². The van der Waals surface area contributed by atoms with Crippen molar-refractivity contribution in [1.29, 1.82) is 5.26 Å². The maximum absolute atomic E-state index is 13.0. The molecule has 82 valence electrons. The number of aliphatic hydroxyl groups is 1. The predicted molar refractivity (Wildman–Crippen MR) is 49.1 cm³/mol. The Hall–Kier alpha value is -2.26. The molecule has 1 atom stereocenters. The van der Waals surface area contributed by atoms with Gasteiger partial charge in [0.15, 0.2) is 12.4 Å². The number of carbonyl (C=O) groups excluding carboxylic acids is 1. The van der Waals surface area contributed by atoms with Crippen molar-refractivity contribution in [3.63, 3.8) is 0 Å². The van der Waals surface area contributed by atoms with E-state index in [0.717, 1.165) is 6.07 Å². The lowest BCUT2D eigenvalue weighted by atomic mass is 9.98. The van der Waals surface area contributed by atoms with Crippen molar-refractivity contribution in [2.75, 3.05) is 0 Å². The van der Waals surface area contributed by atoms with Gasteiger partial charge in [-0.05, 0) is 12.1 Å². The van der Waals surface area contributed by atoms with Gasteiger partial charge in [0.1, 0.15) is 11.9 Å². The van der Waals surface area contributed by atoms with Crippen LogP contribution in [0.1, 0.15) is 27.6 Å². The highest BCUT2D eigenvalue weighted by Gasteiger charge is 2.22. The first-order chi connectivity index (χ1) is 7.51. The van der Waals surface area contributed by atoms with E-state index in [1.807, 2.05) is 0 Å². The molecule has 0 heterocycles. The van der Waals surface area contributed by atoms with Gasteiger partial charge in [-0.1, -0.05) is 0 Å². The number of halogens is 1. The van der Waals surface area contributed by atoms with E-state index < -0.39 is 23.5 Å². The van der Waals surface area contributed by atoms with Crippen molar-refractivity contribution in [2.24, 2.45) is 0 Å². The second kappa shape index (κ2) is 4.51. The third-order valence-electron chi connectivity index (χ3n) is 1.93. The number of hydrogen-bond acceptors (Lipinski definition) is 4. The number of nitriles is 1. The minimum absolute atomic E-state index is 0.222. The lowest BCUT2D eigenvalue weighted by molar-refractivity contribution is -0.146. The maximum atomic E-state index is 13.0. The standard InChI is InChI=1S/C10H6FNO4/c11-6-1-5(4-13)8(3-12)7(2-6)9(14)10(15)16/h1-2,4,9,14H,(H,15,16). The number of aldehydes is 1. The Morgan fingerprint density at radius 2 is 2.19 bits per heavy atom. The highest BCUT2D eigenvalue weighted by atomic mass is 19.1. The first-order valence-corrected chi connectivity index (χ1v) is 4.10. The van der Waals surface area contributed by atoms with Crippen LogP contribution in [0.4, 0.5) is 4.39 Å². The molecule has 0 saturated carbocycles. The highest BCUT2D eigenvalue weighted by molar-refractivity contribution is 5.82. The fourth-order valence-electron chi connectivity index (χ4n) is 1.22. The summed E-state index contributed by atoms with van der Waals surface area (Å²) in [5.41, 5.74) is -1.07. The summed E-state index contributed by atoms with van der Waals surface area (Å²) < 4.78 is 13.0. The summed E-state index contributed by atoms with van der Waals surface area (Å²) in [5.74, 6) is -2.52. The zero-order valence-electron chi connectivity index (χ0n) is 7.85. The second-order valence-electron chi connectivity index (χ2n) is 2.93. The van der Waals surface area contributed by atoms with Crippen LogP contribution < -0.4 is 0 Å². The summed E-state index contributed by atoms with van der Waals surface area (Å²) in [6.45, 7) is 0. The van der Waals surface area contributed by atoms with E-state index >= 15 is 0 Å². The highest BCUT2D eigenvalue weighted by Crippen LogP contribution is 2.22. The van der Waals surface area contributed by atoms with Crippen molar-refractivity contribution in [2.45, 2.75) is 6.10 Å². The van der Waals surface area contributed by atoms with Gasteiger partial charge in [0.2, 0.25) is 0 Å². The van der Waals surface area contributed by atoms with Gasteiger partial charge in [0.05, 0.1) is 5.56 Å². The molecule has 0 fully saturated rings. The second-order valence-corrected chi connectivity index (χ2v) is 2.93. The van der Waals surface area contributed by atoms with Crippen molar-refractivity contribution in [3.8, 4) is 6.07 Å². The van der Waals surface area contributed by atoms with Crippen LogP contribution in [-0.4, -0.2) is 22.5 Å². The minimum Gasteiger partial charge on any atom is -0.479 e. The third kappa shape index (κ3) is 2.04. The first kappa shape index (κ1) is 11.8. The molecule has 0 saturated heterocycles. The molecular formula is C10H6FNO4. The number of carboxylic acids is 1. The SMILES string of the molecule is N#Cc1c(C=O)cc(F)cc1C(O)C(=O)O. The molecule has 0 aliphatic heterocycles. The Morgan fingerprint density at radius 1 is 1.56 bits per heavy atom. The summed E-state index contributed by atoms with van der Waals surface area (Å²) in [6.07, 6.45) is -1.82. The van der Waals surface area contributed by atoms with Crippen LogP contribution in [0.15, 0.2) is 12.1 Å². The summed E-state index contributed by atoms with van der Waals surface area (Å²) in [6, 6.07) is 3.06. The lowest BCUT2D eigenvalue weighted by Gasteiger charge is -2.09. The van der Waals surface area contributed by atoms with Crippen LogP contribution in [0.3, 0.4) is 0 Å². The van der Waals surface area contributed by atoms with Gasteiger partial charge in [-0.15, -0.1) is 0 Å². The summed E-state index contributed by atoms with van der Waals surface area (Å²) in [4.78, 5) is 21.0. The molecule has 1 aromatic carbocycles. The Labute approximate surface area is 89.4 Å². The fourth-order valence-corrected chi connectivity index (χ4v) is 1.22. The Morgan fingerprint density at radius 3 is 2.62 bits per heavy atom. The topological polar surface area (TPSA) is 98.4 Å². The van der Waals surface area contributed by atoms with E-state index in [0.29, 0.717) is 6.07 Å². The molecule has 16 heavy (non-hydrogen) atoms. The number of rotatable bonds is 3. The third-order valence-corrected chi connectivity index (χ3v) is 1.93. The summed E-state index contributed by atoms with van der Waals surface area (Å²) >= 11 is 0. The van der Waals surface area contributed by atoms with Crippen molar-refractivity contribution in [1.82, 2.24) is 0 Å². The maximum Gasteiger partial charge on any atom is 0.337 e. The smallest absolute Gasteiger partial charge is 0.337 e. The number of benzene rings is 1. The molecule has 0 aromatic heterocycles. The normalized spacial score (nSPS) is 11.6. The number of aliphatic hydroxyl groups excluding tert-OH is 1. The molecule has 1 unspecified atom stereocenters. The van der Waals surface area contributed by atoms with Crippen LogP contribution in [-0.2, 0) is 4.79 Å². The number of hydrogen-bond donors (Lipinski definition) is 2. The Kier molecular flexibility index (Phi) is 3.33. The largest absolute Gasteiger partial charge is 0.479 e. The number of aliphatic carboxylic acids is 1. The van der Waals surface area contributed by atoms with Crippen LogP contribution in [0.5, 0.6) is 0 Å². The minimum atomic E-state index is -2.04. The molecule has 0 amide bonds. The average molecular weight is 223 g/mol. The molecule has 0 radical (unpaired) electrons. The summed E-state index contributed by atoms with van der Waals surface area (Å²) in [5, 5.41) is 26.5. The zero-order chi connectivity index (χ0) is 12.3.